The molecule has 0 radical (unpaired) electrons. The van der Waals surface area contributed by atoms with E-state index in [9.17, 15) is 0 Å². The van der Waals surface area contributed by atoms with E-state index in [-0.39, 0.29) is 0 Å². The molecule has 1 atom stereocenters. The van der Waals surface area contributed by atoms with E-state index in [2.05, 4.69) is 43.0 Å². The van der Waals surface area contributed by atoms with Gasteiger partial charge in [-0.15, -0.1) is 0 Å². The number of nitrogens with one attached hydrogen (secondary N) is 1. The molecule has 0 amide bonds. The van der Waals surface area contributed by atoms with Gasteiger partial charge in [-0.3, -0.25) is 0 Å². The first-order chi connectivity index (χ1) is 8.74. The summed E-state index contributed by atoms with van der Waals surface area (Å²) < 4.78 is 2.30. The van der Waals surface area contributed by atoms with Crippen molar-refractivity contribution >= 4 is 11.0 Å². The van der Waals surface area contributed by atoms with Gasteiger partial charge in [-0.25, -0.2) is 4.98 Å². The number of hydrogen-bond acceptors (Lipinski definition) is 2. The standard InChI is InChI=1S/C15H21N3/c1-4-10-5-7-12-13-9-11(16-2)6-8-14(13)18(3)15(12)17-10/h5,7,11,16H,4,6,8-9H2,1-3H3. The van der Waals surface area contributed by atoms with Crippen LogP contribution in [0.2, 0.25) is 0 Å². The highest BCUT2D eigenvalue weighted by molar-refractivity contribution is 5.82. The third kappa shape index (κ3) is 1.65. The van der Waals surface area contributed by atoms with Gasteiger partial charge < -0.3 is 9.88 Å². The molecule has 0 fully saturated rings. The van der Waals surface area contributed by atoms with Gasteiger partial charge in [0, 0.05) is 29.9 Å². The lowest BCUT2D eigenvalue weighted by molar-refractivity contribution is 0.488. The number of fused-ring (bicyclic) bond motifs is 3. The predicted octanol–water partition coefficient (Wildman–Crippen LogP) is 2.21. The predicted molar refractivity (Wildman–Crippen MR) is 75.0 cm³/mol. The van der Waals surface area contributed by atoms with E-state index >= 15 is 0 Å². The summed E-state index contributed by atoms with van der Waals surface area (Å²) in [6.45, 7) is 2.16. The van der Waals surface area contributed by atoms with Gasteiger partial charge in [0.2, 0.25) is 0 Å². The number of pyridine rings is 1. The second kappa shape index (κ2) is 4.39. The van der Waals surface area contributed by atoms with Crippen molar-refractivity contribution in [2.45, 2.75) is 38.6 Å². The van der Waals surface area contributed by atoms with Crippen LogP contribution in [-0.4, -0.2) is 22.6 Å². The van der Waals surface area contributed by atoms with Crippen LogP contribution in [0.3, 0.4) is 0 Å². The topological polar surface area (TPSA) is 29.9 Å². The zero-order valence-corrected chi connectivity index (χ0v) is 11.5. The maximum Gasteiger partial charge on any atom is 0.140 e. The van der Waals surface area contributed by atoms with Crippen LogP contribution in [0, 0.1) is 0 Å². The van der Waals surface area contributed by atoms with Gasteiger partial charge in [0.05, 0.1) is 0 Å². The second-order valence-corrected chi connectivity index (χ2v) is 5.24. The number of likely N-dealkylation sites (N-methyl/N-ethyl adjacent to an activating group) is 1. The molecule has 0 saturated heterocycles. The quantitative estimate of drug-likeness (QED) is 0.876. The molecule has 3 nitrogen and oxygen atoms in total. The van der Waals surface area contributed by atoms with Crippen molar-refractivity contribution in [2.75, 3.05) is 7.05 Å². The van der Waals surface area contributed by atoms with E-state index in [0.717, 1.165) is 24.9 Å². The SMILES string of the molecule is CCc1ccc2c3c(n(C)c2n1)CCC(NC)C3. The van der Waals surface area contributed by atoms with Crippen LogP contribution in [0.4, 0.5) is 0 Å². The Kier molecular flexibility index (Phi) is 2.86. The van der Waals surface area contributed by atoms with Gasteiger partial charge in [0.15, 0.2) is 0 Å². The summed E-state index contributed by atoms with van der Waals surface area (Å²) in [6, 6.07) is 5.05. The zero-order valence-electron chi connectivity index (χ0n) is 11.5. The number of rotatable bonds is 2. The molecule has 1 unspecified atom stereocenters. The van der Waals surface area contributed by atoms with E-state index < -0.39 is 0 Å². The number of aryl methyl sites for hydroxylation is 2. The summed E-state index contributed by atoms with van der Waals surface area (Å²) in [7, 11) is 4.22. The van der Waals surface area contributed by atoms with Gasteiger partial charge >= 0.3 is 0 Å². The smallest absolute Gasteiger partial charge is 0.140 e. The summed E-state index contributed by atoms with van der Waals surface area (Å²) in [5, 5.41) is 4.76. The molecule has 0 saturated carbocycles. The van der Waals surface area contributed by atoms with Crippen LogP contribution in [0.1, 0.15) is 30.3 Å². The Labute approximate surface area is 108 Å². The minimum atomic E-state index is 0.619. The zero-order chi connectivity index (χ0) is 12.7. The van der Waals surface area contributed by atoms with Crippen molar-refractivity contribution in [1.29, 1.82) is 0 Å². The van der Waals surface area contributed by atoms with Gasteiger partial charge in [0.25, 0.3) is 0 Å². The third-order valence-corrected chi connectivity index (χ3v) is 4.28. The Balaban J connectivity index is 2.18. The van der Waals surface area contributed by atoms with E-state index in [1.54, 1.807) is 0 Å². The Bertz CT molecular complexity index is 583. The van der Waals surface area contributed by atoms with Gasteiger partial charge in [-0.05, 0) is 50.4 Å². The molecular weight excluding hydrogens is 222 g/mol. The van der Waals surface area contributed by atoms with Crippen LogP contribution >= 0.6 is 0 Å². The molecule has 1 aliphatic carbocycles. The fraction of sp³-hybridized carbons (Fsp3) is 0.533. The van der Waals surface area contributed by atoms with Crippen LogP contribution in [0.25, 0.3) is 11.0 Å². The maximum absolute atomic E-state index is 4.79. The number of aromatic nitrogens is 2. The van der Waals surface area contributed by atoms with Crippen LogP contribution in [0.15, 0.2) is 12.1 Å². The van der Waals surface area contributed by atoms with E-state index in [4.69, 9.17) is 4.98 Å². The Morgan fingerprint density at radius 2 is 2.28 bits per heavy atom. The van der Waals surface area contributed by atoms with Gasteiger partial charge in [-0.1, -0.05) is 6.92 Å². The van der Waals surface area contributed by atoms with Crippen molar-refractivity contribution in [2.24, 2.45) is 7.05 Å². The summed E-state index contributed by atoms with van der Waals surface area (Å²) in [5.74, 6) is 0. The van der Waals surface area contributed by atoms with Crippen molar-refractivity contribution in [3.05, 3.63) is 29.1 Å². The molecule has 3 rings (SSSR count). The average molecular weight is 243 g/mol. The van der Waals surface area contributed by atoms with Crippen molar-refractivity contribution in [3.63, 3.8) is 0 Å². The molecule has 0 bridgehead atoms. The lowest BCUT2D eigenvalue weighted by Crippen LogP contribution is -2.31. The highest BCUT2D eigenvalue weighted by Gasteiger charge is 2.23. The lowest BCUT2D eigenvalue weighted by Gasteiger charge is -2.22. The summed E-state index contributed by atoms with van der Waals surface area (Å²) >= 11 is 0. The first kappa shape index (κ1) is 11.7. The molecule has 1 aliphatic rings. The third-order valence-electron chi connectivity index (χ3n) is 4.28. The largest absolute Gasteiger partial charge is 0.332 e. The Morgan fingerprint density at radius 3 is 3.00 bits per heavy atom. The van der Waals surface area contributed by atoms with Crippen molar-refractivity contribution in [1.82, 2.24) is 14.9 Å². The van der Waals surface area contributed by atoms with E-state index in [0.29, 0.717) is 6.04 Å². The van der Waals surface area contributed by atoms with Crippen molar-refractivity contribution < 1.29 is 0 Å². The first-order valence-electron chi connectivity index (χ1n) is 6.88. The molecule has 0 aliphatic heterocycles. The molecule has 0 spiro atoms. The monoisotopic (exact) mass is 243 g/mol. The van der Waals surface area contributed by atoms with Gasteiger partial charge in [0.1, 0.15) is 5.65 Å². The number of nitrogens with zero attached hydrogens (tertiary/aromatic N) is 2. The highest BCUT2D eigenvalue weighted by atomic mass is 15.0. The fourth-order valence-electron chi connectivity index (χ4n) is 3.11. The molecular formula is C15H21N3. The number of hydrogen-bond donors (Lipinski definition) is 1. The van der Waals surface area contributed by atoms with Crippen molar-refractivity contribution in [3.8, 4) is 0 Å². The summed E-state index contributed by atoms with van der Waals surface area (Å²) in [6.07, 6.45) is 4.53. The fourth-order valence-corrected chi connectivity index (χ4v) is 3.11. The van der Waals surface area contributed by atoms with Crippen LogP contribution in [-0.2, 0) is 26.3 Å². The molecule has 1 N–H and O–H groups in total. The average Bonchev–Trinajstić information content (AvgIpc) is 2.71. The highest BCUT2D eigenvalue weighted by Crippen LogP contribution is 2.30. The Hall–Kier alpha value is -1.35. The van der Waals surface area contributed by atoms with E-state index in [1.165, 1.54) is 28.8 Å². The molecule has 2 aromatic rings. The van der Waals surface area contributed by atoms with Crippen LogP contribution < -0.4 is 5.32 Å². The molecule has 2 heterocycles. The summed E-state index contributed by atoms with van der Waals surface area (Å²) in [5.41, 5.74) is 5.34. The summed E-state index contributed by atoms with van der Waals surface area (Å²) in [4.78, 5) is 4.79. The lowest BCUT2D eigenvalue weighted by atomic mass is 9.92. The minimum Gasteiger partial charge on any atom is -0.332 e. The molecule has 18 heavy (non-hydrogen) atoms. The van der Waals surface area contributed by atoms with Crippen LogP contribution in [0.5, 0.6) is 0 Å². The molecule has 0 aromatic carbocycles. The first-order valence-corrected chi connectivity index (χ1v) is 6.88. The minimum absolute atomic E-state index is 0.619. The second-order valence-electron chi connectivity index (χ2n) is 5.24. The normalized spacial score (nSPS) is 19.2. The molecule has 2 aromatic heterocycles. The molecule has 3 heteroatoms. The molecule has 96 valence electrons. The Morgan fingerprint density at radius 1 is 1.44 bits per heavy atom. The maximum atomic E-state index is 4.79. The van der Waals surface area contributed by atoms with E-state index in [1.807, 2.05) is 0 Å². The van der Waals surface area contributed by atoms with Gasteiger partial charge in [-0.2, -0.15) is 0 Å².